The second kappa shape index (κ2) is 21.2. The lowest BCUT2D eigenvalue weighted by molar-refractivity contribution is 0.323. The third kappa shape index (κ3) is 20.2. The topological polar surface area (TPSA) is 9.23 Å². The van der Waals surface area contributed by atoms with Crippen LogP contribution in [0.15, 0.2) is 0 Å². The van der Waals surface area contributed by atoms with E-state index in [9.17, 15) is 0 Å². The predicted octanol–water partition coefficient (Wildman–Crippen LogP) is 7.32. The first kappa shape index (κ1) is 22.2. The summed E-state index contributed by atoms with van der Waals surface area (Å²) in [6.45, 7) is 5.38. The quantitative estimate of drug-likeness (QED) is 0.178. The third-order valence-electron chi connectivity index (χ3n) is 4.49. The van der Waals surface area contributed by atoms with E-state index in [-0.39, 0.29) is 0 Å². The van der Waals surface area contributed by atoms with Crippen LogP contribution in [0.3, 0.4) is 0 Å². The van der Waals surface area contributed by atoms with Gasteiger partial charge in [0.05, 0.1) is 0 Å². The third-order valence-corrected chi connectivity index (χ3v) is 4.99. The first-order chi connectivity index (χ1) is 10.9. The Bertz CT molecular complexity index is 165. The Hall–Kier alpha value is 0.177. The van der Waals surface area contributed by atoms with Gasteiger partial charge < -0.3 is 4.43 Å². The van der Waals surface area contributed by atoms with Crippen LogP contribution < -0.4 is 0 Å². The van der Waals surface area contributed by atoms with E-state index in [1.54, 1.807) is 0 Å². The van der Waals surface area contributed by atoms with Gasteiger partial charge in [-0.2, -0.15) is 0 Å². The summed E-state index contributed by atoms with van der Waals surface area (Å²) in [5.74, 6) is 0. The van der Waals surface area contributed by atoms with E-state index >= 15 is 0 Å². The number of unbranched alkanes of at least 4 members (excludes halogenated alkanes) is 16. The summed E-state index contributed by atoms with van der Waals surface area (Å²) in [5, 5.41) is 0. The molecule has 0 fully saturated rings. The molecule has 0 aliphatic carbocycles. The first-order valence-electron chi connectivity index (χ1n) is 10.2. The second-order valence-corrected chi connectivity index (χ2v) is 7.41. The van der Waals surface area contributed by atoms with Crippen LogP contribution in [0, 0.1) is 0 Å². The molecule has 2 radical (unpaired) electrons. The van der Waals surface area contributed by atoms with Crippen LogP contribution in [-0.2, 0) is 4.43 Å². The number of hydrogen-bond acceptors (Lipinski definition) is 1. The lowest BCUT2D eigenvalue weighted by Crippen LogP contribution is -1.95. The smallest absolute Gasteiger partial charge is 0.226 e. The minimum Gasteiger partial charge on any atom is -0.418 e. The maximum Gasteiger partial charge on any atom is 0.226 e. The van der Waals surface area contributed by atoms with Gasteiger partial charge in [-0.3, -0.25) is 0 Å². The minimum absolute atomic E-state index is 0.668. The first-order valence-corrected chi connectivity index (χ1v) is 11.6. The molecule has 0 rings (SSSR count). The molecule has 0 aromatic rings. The van der Waals surface area contributed by atoms with Crippen molar-refractivity contribution < 1.29 is 4.43 Å². The maximum absolute atomic E-state index is 5.39. The van der Waals surface area contributed by atoms with E-state index < -0.39 is 0 Å². The van der Waals surface area contributed by atoms with Crippen LogP contribution in [0.5, 0.6) is 0 Å². The fourth-order valence-corrected chi connectivity index (χ4v) is 3.35. The van der Waals surface area contributed by atoms with Crippen molar-refractivity contribution in [2.45, 2.75) is 123 Å². The van der Waals surface area contributed by atoms with Gasteiger partial charge in [0.1, 0.15) is 0 Å². The van der Waals surface area contributed by atoms with Gasteiger partial charge in [0.25, 0.3) is 0 Å². The zero-order valence-corrected chi connectivity index (χ0v) is 16.6. The summed E-state index contributed by atoms with van der Waals surface area (Å²) >= 11 is 0. The fourth-order valence-electron chi connectivity index (χ4n) is 3.00. The Kier molecular flexibility index (Phi) is 21.3. The Morgan fingerprint density at radius 3 is 1.14 bits per heavy atom. The van der Waals surface area contributed by atoms with Crippen molar-refractivity contribution in [3.63, 3.8) is 0 Å². The van der Waals surface area contributed by atoms with E-state index in [4.69, 9.17) is 4.43 Å². The number of hydrogen-bond donors (Lipinski definition) is 0. The summed E-state index contributed by atoms with van der Waals surface area (Å²) in [5.41, 5.74) is 0. The van der Waals surface area contributed by atoms with Crippen molar-refractivity contribution in [3.8, 4) is 0 Å². The van der Waals surface area contributed by atoms with Gasteiger partial charge in [-0.15, -0.1) is 0 Å². The van der Waals surface area contributed by atoms with Crippen molar-refractivity contribution in [2.75, 3.05) is 6.61 Å². The molecule has 0 aromatic carbocycles. The molecule has 22 heavy (non-hydrogen) atoms. The molecular formula is C20H42OSi. The van der Waals surface area contributed by atoms with Crippen LogP contribution in [0.1, 0.15) is 116 Å². The van der Waals surface area contributed by atoms with Crippen molar-refractivity contribution in [3.05, 3.63) is 0 Å². The molecule has 0 saturated carbocycles. The van der Waals surface area contributed by atoms with Crippen molar-refractivity contribution in [1.82, 2.24) is 0 Å². The Morgan fingerprint density at radius 2 is 0.818 bits per heavy atom. The molecule has 0 unspecified atom stereocenters. The number of rotatable bonds is 19. The second-order valence-electron chi connectivity index (χ2n) is 6.71. The van der Waals surface area contributed by atoms with Gasteiger partial charge in [-0.05, 0) is 13.0 Å². The minimum atomic E-state index is 0.668. The zero-order valence-electron chi connectivity index (χ0n) is 15.6. The van der Waals surface area contributed by atoms with E-state index in [0.29, 0.717) is 9.76 Å². The largest absolute Gasteiger partial charge is 0.418 e. The molecule has 0 aliphatic heterocycles. The molecule has 0 saturated heterocycles. The van der Waals surface area contributed by atoms with Crippen molar-refractivity contribution in [1.29, 1.82) is 0 Å². The average Bonchev–Trinajstić information content (AvgIpc) is 2.54. The van der Waals surface area contributed by atoms with Crippen LogP contribution in [0.2, 0.25) is 6.55 Å². The molecular weight excluding hydrogens is 284 g/mol. The van der Waals surface area contributed by atoms with Gasteiger partial charge in [-0.1, -0.05) is 110 Å². The summed E-state index contributed by atoms with van der Waals surface area (Å²) in [7, 11) is 0.668. The van der Waals surface area contributed by atoms with Gasteiger partial charge in [0.15, 0.2) is 0 Å². The summed E-state index contributed by atoms with van der Waals surface area (Å²) < 4.78 is 5.39. The van der Waals surface area contributed by atoms with Gasteiger partial charge >= 0.3 is 0 Å². The molecule has 0 N–H and O–H groups in total. The Balaban J connectivity index is 2.91. The molecule has 2 heteroatoms. The molecule has 0 bridgehead atoms. The maximum atomic E-state index is 5.39. The SMILES string of the molecule is CCCCCCCCCCCCCCCCCCCO[Si]C. The fraction of sp³-hybridized carbons (Fsp3) is 1.00. The highest BCUT2D eigenvalue weighted by Crippen LogP contribution is 2.13. The van der Waals surface area contributed by atoms with E-state index in [1.165, 1.54) is 109 Å². The molecule has 1 nitrogen and oxygen atoms in total. The standard InChI is InChI=1S/C20H42OSi/c1-3-4-5-6-7-8-9-10-11-12-13-14-15-16-17-18-19-20-21-22-2/h3-20H2,1-2H3. The van der Waals surface area contributed by atoms with Crippen LogP contribution in [-0.4, -0.2) is 16.4 Å². The monoisotopic (exact) mass is 326 g/mol. The van der Waals surface area contributed by atoms with Gasteiger partial charge in [-0.25, -0.2) is 0 Å². The average molecular weight is 327 g/mol. The summed E-state index contributed by atoms with van der Waals surface area (Å²) in [6, 6.07) is 0. The predicted molar refractivity (Wildman–Crippen MR) is 102 cm³/mol. The molecule has 132 valence electrons. The molecule has 0 aromatic heterocycles. The zero-order chi connectivity index (χ0) is 16.1. The van der Waals surface area contributed by atoms with Crippen LogP contribution >= 0.6 is 0 Å². The summed E-state index contributed by atoms with van der Waals surface area (Å²) in [4.78, 5) is 0. The molecule has 0 aliphatic rings. The van der Waals surface area contributed by atoms with E-state index in [0.717, 1.165) is 6.61 Å². The Labute approximate surface area is 143 Å². The van der Waals surface area contributed by atoms with Crippen LogP contribution in [0.4, 0.5) is 0 Å². The van der Waals surface area contributed by atoms with Gasteiger partial charge in [0.2, 0.25) is 9.76 Å². The normalized spacial score (nSPS) is 11.2. The van der Waals surface area contributed by atoms with Crippen LogP contribution in [0.25, 0.3) is 0 Å². The Morgan fingerprint density at radius 1 is 0.500 bits per heavy atom. The lowest BCUT2D eigenvalue weighted by atomic mass is 10.0. The lowest BCUT2D eigenvalue weighted by Gasteiger charge is -2.04. The molecule has 0 amide bonds. The van der Waals surface area contributed by atoms with E-state index in [2.05, 4.69) is 13.5 Å². The van der Waals surface area contributed by atoms with Crippen molar-refractivity contribution >= 4 is 9.76 Å². The highest BCUT2D eigenvalue weighted by Gasteiger charge is 1.94. The van der Waals surface area contributed by atoms with Gasteiger partial charge in [0, 0.05) is 6.61 Å². The van der Waals surface area contributed by atoms with E-state index in [1.807, 2.05) is 0 Å². The molecule has 0 atom stereocenters. The summed E-state index contributed by atoms with van der Waals surface area (Å²) in [6.07, 6.45) is 24.5. The molecule has 0 heterocycles. The highest BCUT2D eigenvalue weighted by atomic mass is 28.2. The molecule has 0 spiro atoms. The highest BCUT2D eigenvalue weighted by molar-refractivity contribution is 6.24. The van der Waals surface area contributed by atoms with Crippen molar-refractivity contribution in [2.24, 2.45) is 0 Å².